The maximum atomic E-state index is 13.6. The molecule has 7 nitrogen and oxygen atoms in total. The van der Waals surface area contributed by atoms with Crippen molar-refractivity contribution in [3.05, 3.63) is 101 Å². The van der Waals surface area contributed by atoms with Gasteiger partial charge >= 0.3 is 0 Å². The zero-order valence-corrected chi connectivity index (χ0v) is 19.8. The Kier molecular flexibility index (Phi) is 6.72. The third-order valence-corrected chi connectivity index (χ3v) is 6.38. The number of hydrogen-bond donors (Lipinski definition) is 1. The van der Waals surface area contributed by atoms with E-state index >= 15 is 0 Å². The summed E-state index contributed by atoms with van der Waals surface area (Å²) in [7, 11) is 0. The summed E-state index contributed by atoms with van der Waals surface area (Å²) >= 11 is 0. The smallest absolute Gasteiger partial charge is 0.173 e. The minimum Gasteiger partial charge on any atom is -0.486 e. The first-order valence-electron chi connectivity index (χ1n) is 11.8. The first-order valence-corrected chi connectivity index (χ1v) is 11.8. The third kappa shape index (κ3) is 4.88. The summed E-state index contributed by atoms with van der Waals surface area (Å²) in [4.78, 5) is 0. The van der Waals surface area contributed by atoms with Crippen molar-refractivity contribution in [1.82, 2.24) is 25.5 Å². The molecule has 0 amide bonds. The van der Waals surface area contributed by atoms with Gasteiger partial charge in [-0.05, 0) is 65.6 Å². The van der Waals surface area contributed by atoms with Gasteiger partial charge in [-0.3, -0.25) is 0 Å². The number of nitrogens with zero attached hydrogens (tertiary/aromatic N) is 4. The predicted molar refractivity (Wildman–Crippen MR) is 130 cm³/mol. The minimum atomic E-state index is -0.339. The molecule has 2 atom stereocenters. The number of halogens is 1. The van der Waals surface area contributed by atoms with Crippen LogP contribution in [-0.2, 0) is 6.42 Å². The lowest BCUT2D eigenvalue weighted by Gasteiger charge is -2.26. The monoisotopic (exact) mass is 473 g/mol. The van der Waals surface area contributed by atoms with Crippen molar-refractivity contribution in [2.24, 2.45) is 0 Å². The van der Waals surface area contributed by atoms with Gasteiger partial charge in [0.25, 0.3) is 0 Å². The third-order valence-electron chi connectivity index (χ3n) is 6.38. The molecule has 2 heterocycles. The molecule has 2 unspecified atom stereocenters. The van der Waals surface area contributed by atoms with Crippen LogP contribution in [0.2, 0.25) is 0 Å². The van der Waals surface area contributed by atoms with Crippen LogP contribution in [0.1, 0.15) is 47.1 Å². The molecule has 35 heavy (non-hydrogen) atoms. The van der Waals surface area contributed by atoms with Gasteiger partial charge in [0, 0.05) is 12.1 Å². The fourth-order valence-electron chi connectivity index (χ4n) is 4.49. The van der Waals surface area contributed by atoms with Crippen LogP contribution in [0.3, 0.4) is 0 Å². The highest BCUT2D eigenvalue weighted by Gasteiger charge is 2.29. The summed E-state index contributed by atoms with van der Waals surface area (Å²) < 4.78 is 27.3. The topological polar surface area (TPSA) is 74.1 Å². The van der Waals surface area contributed by atoms with Crippen molar-refractivity contribution in [2.45, 2.75) is 32.4 Å². The molecule has 1 aliphatic rings. The van der Waals surface area contributed by atoms with Gasteiger partial charge in [-0.1, -0.05) is 48.5 Å². The van der Waals surface area contributed by atoms with Gasteiger partial charge in [-0.2, -0.15) is 0 Å². The molecule has 5 rings (SSSR count). The van der Waals surface area contributed by atoms with E-state index < -0.39 is 0 Å². The molecule has 1 aromatic heterocycles. The van der Waals surface area contributed by atoms with E-state index in [1.54, 1.807) is 6.07 Å². The largest absolute Gasteiger partial charge is 0.486 e. The van der Waals surface area contributed by atoms with Crippen molar-refractivity contribution < 1.29 is 13.9 Å². The molecule has 1 aliphatic heterocycles. The second-order valence-corrected chi connectivity index (χ2v) is 8.65. The van der Waals surface area contributed by atoms with Crippen molar-refractivity contribution in [3.8, 4) is 11.5 Å². The van der Waals surface area contributed by atoms with Gasteiger partial charge in [0.2, 0.25) is 0 Å². The Labute approximate surface area is 203 Å². The zero-order chi connectivity index (χ0) is 24.2. The van der Waals surface area contributed by atoms with E-state index in [4.69, 9.17) is 9.47 Å². The fraction of sp³-hybridized carbons (Fsp3) is 0.296. The summed E-state index contributed by atoms with van der Waals surface area (Å²) in [6, 6.07) is 20.5. The number of para-hydroxylation sites is 1. The number of fused-ring (bicyclic) bond motifs is 1. The van der Waals surface area contributed by atoms with Gasteiger partial charge in [0.15, 0.2) is 17.3 Å². The van der Waals surface area contributed by atoms with Gasteiger partial charge < -0.3 is 14.8 Å². The van der Waals surface area contributed by atoms with Gasteiger partial charge in [-0.15, -0.1) is 5.10 Å². The van der Waals surface area contributed by atoms with Crippen molar-refractivity contribution in [2.75, 3.05) is 19.8 Å². The van der Waals surface area contributed by atoms with E-state index in [-0.39, 0.29) is 17.9 Å². The highest BCUT2D eigenvalue weighted by molar-refractivity contribution is 5.50. The number of nitrogens with one attached hydrogen (secondary N) is 1. The van der Waals surface area contributed by atoms with Crippen LogP contribution in [0, 0.1) is 12.7 Å². The average molecular weight is 474 g/mol. The maximum absolute atomic E-state index is 13.6. The van der Waals surface area contributed by atoms with Crippen LogP contribution in [0.25, 0.3) is 0 Å². The molecule has 4 aromatic rings. The average Bonchev–Trinajstić information content (AvgIpc) is 3.37. The van der Waals surface area contributed by atoms with E-state index in [1.165, 1.54) is 6.07 Å². The number of tetrazole rings is 1. The number of ether oxygens (including phenoxy) is 2. The molecule has 0 bridgehead atoms. The summed E-state index contributed by atoms with van der Waals surface area (Å²) in [6.45, 7) is 5.64. The van der Waals surface area contributed by atoms with Gasteiger partial charge in [-0.25, -0.2) is 9.07 Å². The van der Waals surface area contributed by atoms with Crippen LogP contribution in [-0.4, -0.2) is 40.0 Å². The number of hydrogen-bond acceptors (Lipinski definition) is 6. The SMILES string of the molecule is Cc1cc(F)ccc1CCNC(c1cccc2c1OCCO2)c1nnnn1C(C)c1ccccc1. The second-order valence-electron chi connectivity index (χ2n) is 8.65. The summed E-state index contributed by atoms with van der Waals surface area (Å²) in [5.41, 5.74) is 4.04. The molecular weight excluding hydrogens is 445 g/mol. The molecule has 0 aliphatic carbocycles. The van der Waals surface area contributed by atoms with Gasteiger partial charge in [0.05, 0.1) is 12.1 Å². The van der Waals surface area contributed by atoms with Crippen molar-refractivity contribution in [1.29, 1.82) is 0 Å². The first-order chi connectivity index (χ1) is 17.1. The lowest BCUT2D eigenvalue weighted by Crippen LogP contribution is -2.30. The van der Waals surface area contributed by atoms with Crippen LogP contribution in [0.4, 0.5) is 4.39 Å². The zero-order valence-electron chi connectivity index (χ0n) is 19.8. The summed E-state index contributed by atoms with van der Waals surface area (Å²) in [5.74, 6) is 1.88. The molecule has 8 heteroatoms. The standard InChI is InChI=1S/C27H28FN5O2/c1-18-17-22(28)12-11-20(18)13-14-29-25(23-9-6-10-24-26(23)35-16-15-34-24)27-30-31-32-33(27)19(2)21-7-4-3-5-8-21/h3-12,17,19,25,29H,13-16H2,1-2H3. The van der Waals surface area contributed by atoms with E-state index in [0.29, 0.717) is 37.1 Å². The maximum Gasteiger partial charge on any atom is 0.173 e. The summed E-state index contributed by atoms with van der Waals surface area (Å²) in [6.07, 6.45) is 0.727. The van der Waals surface area contributed by atoms with Crippen molar-refractivity contribution >= 4 is 0 Å². The molecular formula is C27H28FN5O2. The molecule has 1 N–H and O–H groups in total. The molecule has 0 radical (unpaired) electrons. The van der Waals surface area contributed by atoms with E-state index in [0.717, 1.165) is 28.7 Å². The Morgan fingerprint density at radius 2 is 1.86 bits per heavy atom. The first kappa shape index (κ1) is 23.0. The van der Waals surface area contributed by atoms with Crippen LogP contribution in [0.5, 0.6) is 11.5 Å². The van der Waals surface area contributed by atoms with E-state index in [9.17, 15) is 4.39 Å². The van der Waals surface area contributed by atoms with Crippen LogP contribution >= 0.6 is 0 Å². The minimum absolute atomic E-state index is 0.0680. The number of rotatable bonds is 8. The molecule has 0 saturated heterocycles. The highest BCUT2D eigenvalue weighted by Crippen LogP contribution is 2.39. The molecule has 3 aromatic carbocycles. The Morgan fingerprint density at radius 1 is 1.03 bits per heavy atom. The Hall–Kier alpha value is -3.78. The van der Waals surface area contributed by atoms with Crippen molar-refractivity contribution in [3.63, 3.8) is 0 Å². The van der Waals surface area contributed by atoms with Crippen LogP contribution < -0.4 is 14.8 Å². The van der Waals surface area contributed by atoms with Crippen LogP contribution in [0.15, 0.2) is 66.7 Å². The second kappa shape index (κ2) is 10.2. The lowest BCUT2D eigenvalue weighted by atomic mass is 10.0. The Balaban J connectivity index is 1.49. The number of benzene rings is 3. The Morgan fingerprint density at radius 3 is 2.69 bits per heavy atom. The van der Waals surface area contributed by atoms with E-state index in [2.05, 4.69) is 39.9 Å². The lowest BCUT2D eigenvalue weighted by molar-refractivity contribution is 0.169. The highest BCUT2D eigenvalue weighted by atomic mass is 19.1. The fourth-order valence-corrected chi connectivity index (χ4v) is 4.49. The van der Waals surface area contributed by atoms with E-state index in [1.807, 2.05) is 54.1 Å². The summed E-state index contributed by atoms with van der Waals surface area (Å²) in [5, 5.41) is 16.4. The molecule has 180 valence electrons. The quantitative estimate of drug-likeness (QED) is 0.408. The van der Waals surface area contributed by atoms with Gasteiger partial charge in [0.1, 0.15) is 19.0 Å². The Bertz CT molecular complexity index is 1290. The number of aromatic nitrogens is 4. The predicted octanol–water partition coefficient (Wildman–Crippen LogP) is 4.42. The number of aryl methyl sites for hydroxylation is 1. The normalized spacial score (nSPS) is 14.5. The molecule has 0 saturated carbocycles. The molecule has 0 fully saturated rings. The molecule has 0 spiro atoms.